The third-order valence-electron chi connectivity index (χ3n) is 2.51. The topological polar surface area (TPSA) is 71.2 Å². The Hall–Kier alpha value is -1.30. The lowest BCUT2D eigenvalue weighted by atomic mass is 10.2. The quantitative estimate of drug-likeness (QED) is 0.842. The van der Waals surface area contributed by atoms with E-state index in [0.29, 0.717) is 28.3 Å². The Morgan fingerprint density at radius 2 is 2.05 bits per heavy atom. The van der Waals surface area contributed by atoms with Crippen molar-refractivity contribution in [2.45, 2.75) is 40.7 Å². The Morgan fingerprint density at radius 1 is 1.42 bits per heavy atom. The predicted molar refractivity (Wildman–Crippen MR) is 81.7 cm³/mol. The van der Waals surface area contributed by atoms with Crippen molar-refractivity contribution in [2.75, 3.05) is 24.1 Å². The molecule has 0 unspecified atom stereocenters. The molecule has 1 amide bonds. The molecule has 1 aromatic rings. The van der Waals surface area contributed by atoms with Gasteiger partial charge in [0, 0.05) is 19.1 Å². The molecular weight excluding hydrogens is 260 g/mol. The zero-order chi connectivity index (χ0) is 14.6. The first-order chi connectivity index (χ1) is 8.85. The molecule has 0 radical (unpaired) electrons. The van der Waals surface area contributed by atoms with Gasteiger partial charge < -0.3 is 16.0 Å². The molecule has 0 saturated carbocycles. The average Bonchev–Trinajstić information content (AvgIpc) is 2.64. The van der Waals surface area contributed by atoms with Crippen LogP contribution in [0.4, 0.5) is 10.9 Å². The fraction of sp³-hybridized carbons (Fsp3) is 0.692. The molecule has 1 rings (SSSR count). The van der Waals surface area contributed by atoms with Gasteiger partial charge in [0.15, 0.2) is 5.13 Å². The van der Waals surface area contributed by atoms with Gasteiger partial charge in [-0.3, -0.25) is 4.79 Å². The summed E-state index contributed by atoms with van der Waals surface area (Å²) in [7, 11) is 0. The number of nitrogens with one attached hydrogen (secondary N) is 1. The zero-order valence-corrected chi connectivity index (χ0v) is 13.2. The highest BCUT2D eigenvalue weighted by Gasteiger charge is 2.21. The summed E-state index contributed by atoms with van der Waals surface area (Å²) in [6.45, 7) is 11.6. The van der Waals surface area contributed by atoms with Crippen LogP contribution >= 0.6 is 11.3 Å². The summed E-state index contributed by atoms with van der Waals surface area (Å²) in [6, 6.07) is 0.270. The molecule has 3 N–H and O–H groups in total. The van der Waals surface area contributed by atoms with E-state index in [-0.39, 0.29) is 11.9 Å². The largest absolute Gasteiger partial charge is 0.382 e. The number of hydrogen-bond donors (Lipinski definition) is 2. The van der Waals surface area contributed by atoms with Gasteiger partial charge in [-0.1, -0.05) is 25.2 Å². The van der Waals surface area contributed by atoms with Gasteiger partial charge in [-0.25, -0.2) is 4.98 Å². The van der Waals surface area contributed by atoms with Crippen LogP contribution < -0.4 is 11.1 Å². The summed E-state index contributed by atoms with van der Waals surface area (Å²) < 4.78 is 0. The number of carbonyl (C=O) groups excluding carboxylic acids is 1. The highest BCUT2D eigenvalue weighted by atomic mass is 32.1. The molecule has 5 nitrogen and oxygen atoms in total. The predicted octanol–water partition coefficient (Wildman–Crippen LogP) is 2.66. The fourth-order valence-corrected chi connectivity index (χ4v) is 2.73. The van der Waals surface area contributed by atoms with Crippen molar-refractivity contribution in [1.29, 1.82) is 0 Å². The molecule has 6 heteroatoms. The number of nitrogen functional groups attached to an aromatic ring is 1. The van der Waals surface area contributed by atoms with Crippen LogP contribution in [0.2, 0.25) is 0 Å². The number of rotatable bonds is 6. The molecule has 0 atom stereocenters. The van der Waals surface area contributed by atoms with Gasteiger partial charge in [-0.05, 0) is 26.7 Å². The van der Waals surface area contributed by atoms with Crippen molar-refractivity contribution < 1.29 is 4.79 Å². The van der Waals surface area contributed by atoms with E-state index in [1.807, 2.05) is 25.7 Å². The minimum Gasteiger partial charge on any atom is -0.382 e. The Labute approximate surface area is 119 Å². The minimum atomic E-state index is -0.0250. The van der Waals surface area contributed by atoms with E-state index in [1.54, 1.807) is 0 Å². The van der Waals surface area contributed by atoms with Gasteiger partial charge in [0.1, 0.15) is 10.7 Å². The molecule has 0 aliphatic heterocycles. The number of nitrogens with zero attached hydrogens (tertiary/aromatic N) is 2. The molecule has 0 aliphatic carbocycles. The van der Waals surface area contributed by atoms with Crippen molar-refractivity contribution in [3.8, 4) is 0 Å². The average molecular weight is 284 g/mol. The zero-order valence-electron chi connectivity index (χ0n) is 12.4. The van der Waals surface area contributed by atoms with Gasteiger partial charge in [0.25, 0.3) is 5.91 Å². The molecule has 0 spiro atoms. The lowest BCUT2D eigenvalue weighted by molar-refractivity contribution is 0.0751. The number of thiazole rings is 1. The van der Waals surface area contributed by atoms with Gasteiger partial charge in [-0.15, -0.1) is 0 Å². The lowest BCUT2D eigenvalue weighted by Crippen LogP contribution is -2.33. The monoisotopic (exact) mass is 284 g/mol. The van der Waals surface area contributed by atoms with E-state index in [9.17, 15) is 4.79 Å². The van der Waals surface area contributed by atoms with E-state index >= 15 is 0 Å². The van der Waals surface area contributed by atoms with Crippen molar-refractivity contribution in [1.82, 2.24) is 9.88 Å². The Balaban J connectivity index is 2.88. The second kappa shape index (κ2) is 6.75. The number of aromatic nitrogens is 1. The summed E-state index contributed by atoms with van der Waals surface area (Å²) >= 11 is 1.33. The Morgan fingerprint density at radius 3 is 2.53 bits per heavy atom. The van der Waals surface area contributed by atoms with Crippen LogP contribution in [0.3, 0.4) is 0 Å². The normalized spacial score (nSPS) is 11.1. The van der Waals surface area contributed by atoms with Crippen molar-refractivity contribution >= 4 is 28.2 Å². The second-order valence-corrected chi connectivity index (χ2v) is 6.27. The van der Waals surface area contributed by atoms with Crippen LogP contribution in [0.15, 0.2) is 0 Å². The Kier molecular flexibility index (Phi) is 5.60. The fourth-order valence-electron chi connectivity index (χ4n) is 1.73. The molecule has 108 valence electrons. The molecule has 1 aromatic heterocycles. The lowest BCUT2D eigenvalue weighted by Gasteiger charge is -2.22. The second-order valence-electron chi connectivity index (χ2n) is 5.27. The third kappa shape index (κ3) is 4.38. The standard InChI is InChI=1S/C13H24N4OS/c1-6-17(7-8(2)3)12(18)10-11(14)16-13(19-10)15-9(4)5/h8-9H,6-7,14H2,1-5H3,(H,15,16). The maximum Gasteiger partial charge on any atom is 0.267 e. The van der Waals surface area contributed by atoms with Crippen molar-refractivity contribution in [3.05, 3.63) is 4.88 Å². The Bertz CT molecular complexity index is 428. The van der Waals surface area contributed by atoms with E-state index in [2.05, 4.69) is 24.1 Å². The van der Waals surface area contributed by atoms with Gasteiger partial charge >= 0.3 is 0 Å². The molecule has 0 fully saturated rings. The maximum atomic E-state index is 12.4. The van der Waals surface area contributed by atoms with Crippen LogP contribution in [-0.2, 0) is 0 Å². The molecule has 0 saturated heterocycles. The van der Waals surface area contributed by atoms with Crippen LogP contribution in [0, 0.1) is 5.92 Å². The van der Waals surface area contributed by atoms with Crippen LogP contribution in [0.1, 0.15) is 44.3 Å². The summed E-state index contributed by atoms with van der Waals surface area (Å²) in [5, 5.41) is 3.88. The first-order valence-corrected chi connectivity index (χ1v) is 7.48. The summed E-state index contributed by atoms with van der Waals surface area (Å²) in [4.78, 5) is 19.0. The number of amides is 1. The first kappa shape index (κ1) is 15.8. The van der Waals surface area contributed by atoms with Crippen LogP contribution in [0.5, 0.6) is 0 Å². The molecule has 0 aromatic carbocycles. The highest BCUT2D eigenvalue weighted by molar-refractivity contribution is 7.18. The van der Waals surface area contributed by atoms with Crippen LogP contribution in [-0.4, -0.2) is 34.9 Å². The molecule has 0 bridgehead atoms. The van der Waals surface area contributed by atoms with Gasteiger partial charge in [0.2, 0.25) is 0 Å². The number of carbonyl (C=O) groups is 1. The minimum absolute atomic E-state index is 0.0250. The SMILES string of the molecule is CCN(CC(C)C)C(=O)c1sc(NC(C)C)nc1N. The number of anilines is 2. The van der Waals surface area contributed by atoms with E-state index in [1.165, 1.54) is 11.3 Å². The van der Waals surface area contributed by atoms with Crippen LogP contribution in [0.25, 0.3) is 0 Å². The van der Waals surface area contributed by atoms with E-state index in [0.717, 1.165) is 6.54 Å². The van der Waals surface area contributed by atoms with Crippen molar-refractivity contribution in [3.63, 3.8) is 0 Å². The van der Waals surface area contributed by atoms with Gasteiger partial charge in [0.05, 0.1) is 0 Å². The maximum absolute atomic E-state index is 12.4. The van der Waals surface area contributed by atoms with E-state index in [4.69, 9.17) is 5.73 Å². The smallest absolute Gasteiger partial charge is 0.267 e. The molecule has 1 heterocycles. The summed E-state index contributed by atoms with van der Waals surface area (Å²) in [6.07, 6.45) is 0. The van der Waals surface area contributed by atoms with E-state index < -0.39 is 0 Å². The summed E-state index contributed by atoms with van der Waals surface area (Å²) in [5.74, 6) is 0.731. The number of hydrogen-bond acceptors (Lipinski definition) is 5. The summed E-state index contributed by atoms with van der Waals surface area (Å²) in [5.41, 5.74) is 5.85. The first-order valence-electron chi connectivity index (χ1n) is 6.67. The van der Waals surface area contributed by atoms with Crippen molar-refractivity contribution in [2.24, 2.45) is 5.92 Å². The molecule has 19 heavy (non-hydrogen) atoms. The van der Waals surface area contributed by atoms with Gasteiger partial charge in [-0.2, -0.15) is 0 Å². The number of nitrogens with two attached hydrogens (primary N) is 1. The molecule has 0 aliphatic rings. The third-order valence-corrected chi connectivity index (χ3v) is 3.50. The highest BCUT2D eigenvalue weighted by Crippen LogP contribution is 2.27. The molecular formula is C13H24N4OS.